The first-order valence-electron chi connectivity index (χ1n) is 7.89. The van der Waals surface area contributed by atoms with E-state index in [1.165, 1.54) is 0 Å². The Morgan fingerprint density at radius 1 is 1.08 bits per heavy atom. The second kappa shape index (κ2) is 7.14. The van der Waals surface area contributed by atoms with Gasteiger partial charge in [-0.25, -0.2) is 18.4 Å². The van der Waals surface area contributed by atoms with E-state index >= 15 is 0 Å². The molecule has 1 saturated heterocycles. The number of aromatic nitrogens is 2. The van der Waals surface area contributed by atoms with Crippen LogP contribution in [-0.2, 0) is 9.84 Å². The van der Waals surface area contributed by atoms with E-state index in [0.29, 0.717) is 11.6 Å². The number of nitrogens with zero attached hydrogens (tertiary/aromatic N) is 2. The Labute approximate surface area is 141 Å². The minimum absolute atomic E-state index is 0.181. The van der Waals surface area contributed by atoms with Gasteiger partial charge in [0.15, 0.2) is 0 Å². The number of piperidine rings is 1. The molecule has 7 nitrogen and oxygen atoms in total. The van der Waals surface area contributed by atoms with Crippen LogP contribution in [0.1, 0.15) is 12.8 Å². The lowest BCUT2D eigenvalue weighted by molar-refractivity contribution is 0.478. The van der Waals surface area contributed by atoms with E-state index in [9.17, 15) is 8.42 Å². The highest BCUT2D eigenvalue weighted by Crippen LogP contribution is 2.20. The van der Waals surface area contributed by atoms with Crippen molar-refractivity contribution in [2.45, 2.75) is 24.0 Å². The second-order valence-corrected chi connectivity index (χ2v) is 7.76. The summed E-state index contributed by atoms with van der Waals surface area (Å²) in [5.74, 6) is 0.976. The molecule has 0 amide bonds. The molecule has 0 saturated carbocycles. The van der Waals surface area contributed by atoms with Crippen molar-refractivity contribution in [1.29, 1.82) is 0 Å². The highest BCUT2D eigenvalue weighted by molar-refractivity contribution is 7.90. The van der Waals surface area contributed by atoms with Crippen LogP contribution in [0, 0.1) is 0 Å². The fourth-order valence-electron chi connectivity index (χ4n) is 2.57. The molecule has 1 aliphatic rings. The number of hydrogen-bond donors (Lipinski definition) is 3. The van der Waals surface area contributed by atoms with E-state index in [4.69, 9.17) is 0 Å². The Hall–Kier alpha value is -2.19. The van der Waals surface area contributed by atoms with E-state index < -0.39 is 9.84 Å². The summed E-state index contributed by atoms with van der Waals surface area (Å²) in [4.78, 5) is 8.30. The zero-order valence-corrected chi connectivity index (χ0v) is 14.3. The molecule has 1 aromatic carbocycles. The van der Waals surface area contributed by atoms with Gasteiger partial charge in [-0.2, -0.15) is 0 Å². The Balaban J connectivity index is 1.88. The normalized spacial score (nSPS) is 15.9. The van der Waals surface area contributed by atoms with Crippen molar-refractivity contribution in [3.8, 4) is 0 Å². The third kappa shape index (κ3) is 4.42. The van der Waals surface area contributed by atoms with Crippen molar-refractivity contribution >= 4 is 27.2 Å². The van der Waals surface area contributed by atoms with Gasteiger partial charge >= 0.3 is 0 Å². The van der Waals surface area contributed by atoms with E-state index in [1.807, 2.05) is 30.3 Å². The molecule has 1 aromatic heterocycles. The second-order valence-electron chi connectivity index (χ2n) is 5.85. The molecule has 8 heteroatoms. The van der Waals surface area contributed by atoms with Crippen molar-refractivity contribution < 1.29 is 8.42 Å². The summed E-state index contributed by atoms with van der Waals surface area (Å²) in [6.07, 6.45) is 3.06. The topological polar surface area (TPSA) is 96.0 Å². The fourth-order valence-corrected chi connectivity index (χ4v) is 3.10. The van der Waals surface area contributed by atoms with Crippen molar-refractivity contribution in [3.63, 3.8) is 0 Å². The molecule has 0 radical (unpaired) electrons. The van der Waals surface area contributed by atoms with Gasteiger partial charge in [0.05, 0.1) is 0 Å². The molecule has 2 aromatic rings. The third-order valence-electron chi connectivity index (χ3n) is 3.77. The van der Waals surface area contributed by atoms with Crippen LogP contribution in [-0.4, -0.2) is 43.8 Å². The molecular formula is C16H21N5O2S. The number of anilines is 3. The predicted octanol–water partition coefficient (Wildman–Crippen LogP) is 1.79. The first-order chi connectivity index (χ1) is 11.5. The summed E-state index contributed by atoms with van der Waals surface area (Å²) in [7, 11) is -3.50. The Bertz CT molecular complexity index is 789. The Morgan fingerprint density at radius 2 is 1.75 bits per heavy atom. The van der Waals surface area contributed by atoms with Crippen molar-refractivity contribution in [2.24, 2.45) is 0 Å². The maximum Gasteiger partial charge on any atom is 0.250 e. The van der Waals surface area contributed by atoms with Gasteiger partial charge in [0.2, 0.25) is 9.84 Å². The van der Waals surface area contributed by atoms with Gasteiger partial charge in [0.25, 0.3) is 5.16 Å². The number of para-hydroxylation sites is 1. The minimum atomic E-state index is -3.50. The molecule has 3 N–H and O–H groups in total. The monoisotopic (exact) mass is 347 g/mol. The zero-order chi connectivity index (χ0) is 17.0. The average Bonchev–Trinajstić information content (AvgIpc) is 2.56. The Kier molecular flexibility index (Phi) is 4.96. The summed E-state index contributed by atoms with van der Waals surface area (Å²) >= 11 is 0. The Morgan fingerprint density at radius 3 is 2.42 bits per heavy atom. The maximum atomic E-state index is 11.9. The van der Waals surface area contributed by atoms with Crippen LogP contribution in [0.3, 0.4) is 0 Å². The summed E-state index contributed by atoms with van der Waals surface area (Å²) in [6, 6.07) is 11.5. The van der Waals surface area contributed by atoms with Gasteiger partial charge in [0, 0.05) is 24.1 Å². The number of hydrogen-bond acceptors (Lipinski definition) is 7. The first-order valence-corrected chi connectivity index (χ1v) is 9.78. The molecule has 0 atom stereocenters. The molecule has 0 spiro atoms. The van der Waals surface area contributed by atoms with Crippen LogP contribution in [0.4, 0.5) is 17.3 Å². The van der Waals surface area contributed by atoms with Crippen molar-refractivity contribution in [1.82, 2.24) is 15.3 Å². The highest BCUT2D eigenvalue weighted by Gasteiger charge is 2.18. The molecule has 1 fully saturated rings. The average molecular weight is 347 g/mol. The van der Waals surface area contributed by atoms with Crippen LogP contribution in [0.25, 0.3) is 0 Å². The molecular weight excluding hydrogens is 326 g/mol. The van der Waals surface area contributed by atoms with Crippen LogP contribution in [0.5, 0.6) is 0 Å². The van der Waals surface area contributed by atoms with Crippen LogP contribution in [0.15, 0.2) is 41.6 Å². The molecule has 1 aliphatic heterocycles. The first kappa shape index (κ1) is 16.7. The van der Waals surface area contributed by atoms with Gasteiger partial charge in [-0.3, -0.25) is 0 Å². The molecule has 128 valence electrons. The summed E-state index contributed by atoms with van der Waals surface area (Å²) in [6.45, 7) is 1.88. The van der Waals surface area contributed by atoms with E-state index in [2.05, 4.69) is 25.9 Å². The lowest BCUT2D eigenvalue weighted by Gasteiger charge is -2.24. The molecule has 2 heterocycles. The summed E-state index contributed by atoms with van der Waals surface area (Å²) in [5, 5.41) is 9.57. The predicted molar refractivity (Wildman–Crippen MR) is 94.4 cm³/mol. The number of benzene rings is 1. The van der Waals surface area contributed by atoms with Gasteiger partial charge in [-0.1, -0.05) is 18.2 Å². The number of rotatable bonds is 5. The SMILES string of the molecule is CS(=O)(=O)c1nc(Nc2ccccc2)cc(NC2CCNCC2)n1. The lowest BCUT2D eigenvalue weighted by atomic mass is 10.1. The standard InChI is InChI=1S/C16H21N5O2S/c1-24(22,23)16-20-14(18-12-5-3-2-4-6-12)11-15(21-16)19-13-7-9-17-10-8-13/h2-6,11,13,17H,7-10H2,1H3,(H2,18,19,20,21). The minimum Gasteiger partial charge on any atom is -0.367 e. The highest BCUT2D eigenvalue weighted by atomic mass is 32.2. The van der Waals surface area contributed by atoms with Crippen LogP contribution < -0.4 is 16.0 Å². The van der Waals surface area contributed by atoms with Crippen LogP contribution >= 0.6 is 0 Å². The largest absolute Gasteiger partial charge is 0.367 e. The molecule has 0 aliphatic carbocycles. The van der Waals surface area contributed by atoms with E-state index in [-0.39, 0.29) is 11.2 Å². The summed E-state index contributed by atoms with van der Waals surface area (Å²) in [5.41, 5.74) is 0.837. The van der Waals surface area contributed by atoms with Gasteiger partial charge in [-0.05, 0) is 38.1 Å². The van der Waals surface area contributed by atoms with Crippen molar-refractivity contribution in [2.75, 3.05) is 30.0 Å². The van der Waals surface area contributed by atoms with E-state index in [0.717, 1.165) is 37.9 Å². The lowest BCUT2D eigenvalue weighted by Crippen LogP contribution is -2.35. The smallest absolute Gasteiger partial charge is 0.250 e. The zero-order valence-electron chi connectivity index (χ0n) is 13.5. The molecule has 0 bridgehead atoms. The number of sulfone groups is 1. The van der Waals surface area contributed by atoms with Crippen molar-refractivity contribution in [3.05, 3.63) is 36.4 Å². The quantitative estimate of drug-likeness (QED) is 0.710. The molecule has 24 heavy (non-hydrogen) atoms. The number of nitrogens with one attached hydrogen (secondary N) is 3. The van der Waals surface area contributed by atoms with Crippen LogP contribution in [0.2, 0.25) is 0 Å². The van der Waals surface area contributed by atoms with Gasteiger partial charge < -0.3 is 16.0 Å². The molecule has 0 unspecified atom stereocenters. The fraction of sp³-hybridized carbons (Fsp3) is 0.375. The molecule has 3 rings (SSSR count). The summed E-state index contributed by atoms with van der Waals surface area (Å²) < 4.78 is 23.8. The van der Waals surface area contributed by atoms with Gasteiger partial charge in [0.1, 0.15) is 11.6 Å². The van der Waals surface area contributed by atoms with Gasteiger partial charge in [-0.15, -0.1) is 0 Å². The maximum absolute atomic E-state index is 11.9. The third-order valence-corrected chi connectivity index (χ3v) is 4.62. The van der Waals surface area contributed by atoms with E-state index in [1.54, 1.807) is 6.07 Å².